The molecule has 0 radical (unpaired) electrons. The Morgan fingerprint density at radius 2 is 1.60 bits per heavy atom. The molecule has 1 N–H and O–H groups in total. The highest BCUT2D eigenvalue weighted by Gasteiger charge is 2.46. The summed E-state index contributed by atoms with van der Waals surface area (Å²) in [5.74, 6) is 0. The molecule has 1 heterocycles. The summed E-state index contributed by atoms with van der Waals surface area (Å²) in [6, 6.07) is 0. The summed E-state index contributed by atoms with van der Waals surface area (Å²) >= 11 is 0. The molecule has 0 atom stereocenters. The highest BCUT2D eigenvalue weighted by Crippen LogP contribution is 2.41. The lowest BCUT2D eigenvalue weighted by atomic mass is 10.1. The Bertz CT molecular complexity index is 374. The van der Waals surface area contributed by atoms with Gasteiger partial charge >= 0.3 is 12.4 Å². The Morgan fingerprint density at radius 1 is 1.07 bits per heavy atom. The maximum Gasteiger partial charge on any atom is 0.419 e. The number of aldehydes is 1. The van der Waals surface area contributed by atoms with E-state index in [1.54, 1.807) is 4.98 Å². The van der Waals surface area contributed by atoms with Gasteiger partial charge in [-0.1, -0.05) is 0 Å². The van der Waals surface area contributed by atoms with Gasteiger partial charge in [-0.05, 0) is 0 Å². The molecule has 0 unspecified atom stereocenters. The first-order valence-electron chi connectivity index (χ1n) is 3.49. The van der Waals surface area contributed by atoms with Gasteiger partial charge in [-0.15, -0.1) is 0 Å². The number of rotatable bonds is 1. The molecule has 0 aliphatic rings. The number of alkyl halides is 6. The molecular formula is C7H3F6NO. The molecule has 8 heteroatoms. The van der Waals surface area contributed by atoms with E-state index in [-0.39, 0.29) is 12.5 Å². The largest absolute Gasteiger partial charge is 0.419 e. The SMILES string of the molecule is O=Cc1[nH]cc(C(F)(F)F)c1C(F)(F)F. The van der Waals surface area contributed by atoms with Crippen LogP contribution in [0.5, 0.6) is 0 Å². The summed E-state index contributed by atoms with van der Waals surface area (Å²) in [5, 5.41) is 0. The predicted octanol–water partition coefficient (Wildman–Crippen LogP) is 2.86. The first-order chi connectivity index (χ1) is 6.68. The zero-order chi connectivity index (χ0) is 11.9. The summed E-state index contributed by atoms with van der Waals surface area (Å²) in [6.07, 6.45) is -10.6. The Morgan fingerprint density at radius 3 is 1.93 bits per heavy atom. The van der Waals surface area contributed by atoms with Gasteiger partial charge in [-0.3, -0.25) is 4.79 Å². The third kappa shape index (κ3) is 2.13. The molecule has 0 fully saturated rings. The molecule has 1 aromatic rings. The minimum atomic E-state index is -5.22. The molecule has 0 amide bonds. The molecule has 0 saturated carbocycles. The van der Waals surface area contributed by atoms with Crippen LogP contribution < -0.4 is 0 Å². The van der Waals surface area contributed by atoms with E-state index in [2.05, 4.69) is 0 Å². The lowest BCUT2D eigenvalue weighted by molar-refractivity contribution is -0.161. The van der Waals surface area contributed by atoms with Crippen molar-refractivity contribution in [2.75, 3.05) is 0 Å². The maximum atomic E-state index is 12.2. The topological polar surface area (TPSA) is 32.9 Å². The predicted molar refractivity (Wildman–Crippen MR) is 36.2 cm³/mol. The van der Waals surface area contributed by atoms with Crippen LogP contribution in [0.4, 0.5) is 26.3 Å². The van der Waals surface area contributed by atoms with Gasteiger partial charge in [0, 0.05) is 6.20 Å². The van der Waals surface area contributed by atoms with Crippen LogP contribution in [0.2, 0.25) is 0 Å². The van der Waals surface area contributed by atoms with Gasteiger partial charge in [0.2, 0.25) is 0 Å². The molecule has 0 spiro atoms. The third-order valence-corrected chi connectivity index (χ3v) is 1.62. The third-order valence-electron chi connectivity index (χ3n) is 1.62. The van der Waals surface area contributed by atoms with Crippen molar-refractivity contribution in [2.24, 2.45) is 0 Å². The van der Waals surface area contributed by atoms with Crippen molar-refractivity contribution in [3.63, 3.8) is 0 Å². The average molecular weight is 231 g/mol. The zero-order valence-electron chi connectivity index (χ0n) is 6.83. The van der Waals surface area contributed by atoms with Crippen LogP contribution >= 0.6 is 0 Å². The zero-order valence-corrected chi connectivity index (χ0v) is 6.83. The highest BCUT2D eigenvalue weighted by atomic mass is 19.4. The van der Waals surface area contributed by atoms with Crippen LogP contribution in [0.25, 0.3) is 0 Å². The summed E-state index contributed by atoms with van der Waals surface area (Å²) in [5.41, 5.74) is -5.00. The standard InChI is InChI=1S/C7H3F6NO/c8-6(9,10)3-1-14-4(2-15)5(3)7(11,12)13/h1-2,14H. The van der Waals surface area contributed by atoms with Gasteiger partial charge < -0.3 is 4.98 Å². The molecule has 1 aromatic heterocycles. The summed E-state index contributed by atoms with van der Waals surface area (Å²) in [4.78, 5) is 11.7. The van der Waals surface area contributed by atoms with E-state index < -0.39 is 29.2 Å². The molecule has 0 bridgehead atoms. The Hall–Kier alpha value is -1.47. The Balaban J connectivity index is 3.44. The molecule has 0 saturated heterocycles. The lowest BCUT2D eigenvalue weighted by Crippen LogP contribution is -2.15. The fourth-order valence-corrected chi connectivity index (χ4v) is 1.06. The second-order valence-electron chi connectivity index (χ2n) is 2.60. The molecule has 0 aliphatic heterocycles. The smallest absolute Gasteiger partial charge is 0.358 e. The van der Waals surface area contributed by atoms with Crippen molar-refractivity contribution in [1.29, 1.82) is 0 Å². The van der Waals surface area contributed by atoms with Gasteiger partial charge in [-0.2, -0.15) is 26.3 Å². The van der Waals surface area contributed by atoms with Crippen molar-refractivity contribution in [2.45, 2.75) is 12.4 Å². The number of hydrogen-bond donors (Lipinski definition) is 1. The van der Waals surface area contributed by atoms with Crippen LogP contribution in [0, 0.1) is 0 Å². The van der Waals surface area contributed by atoms with Crippen LogP contribution in [0.15, 0.2) is 6.20 Å². The number of carbonyl (C=O) groups excluding carboxylic acids is 1. The Kier molecular flexibility index (Phi) is 2.54. The molecule has 84 valence electrons. The number of H-pyrrole nitrogens is 1. The van der Waals surface area contributed by atoms with Crippen molar-refractivity contribution < 1.29 is 31.1 Å². The molecule has 0 aromatic carbocycles. The summed E-state index contributed by atoms with van der Waals surface area (Å²) in [7, 11) is 0. The number of nitrogens with one attached hydrogen (secondary N) is 1. The van der Waals surface area contributed by atoms with Crippen LogP contribution in [0.1, 0.15) is 21.6 Å². The molecule has 0 aliphatic carbocycles. The number of aromatic amines is 1. The monoisotopic (exact) mass is 231 g/mol. The highest BCUT2D eigenvalue weighted by molar-refractivity contribution is 5.76. The second-order valence-corrected chi connectivity index (χ2v) is 2.60. The van der Waals surface area contributed by atoms with E-state index in [1.807, 2.05) is 0 Å². The van der Waals surface area contributed by atoms with E-state index in [9.17, 15) is 31.1 Å². The number of halogens is 6. The minimum Gasteiger partial charge on any atom is -0.358 e. The number of aromatic nitrogens is 1. The van der Waals surface area contributed by atoms with Crippen LogP contribution in [0.3, 0.4) is 0 Å². The van der Waals surface area contributed by atoms with E-state index >= 15 is 0 Å². The first-order valence-corrected chi connectivity index (χ1v) is 3.49. The minimum absolute atomic E-state index is 0.118. The van der Waals surface area contributed by atoms with Crippen LogP contribution in [-0.4, -0.2) is 11.3 Å². The molecule has 2 nitrogen and oxygen atoms in total. The van der Waals surface area contributed by atoms with Crippen molar-refractivity contribution in [1.82, 2.24) is 4.98 Å². The first kappa shape index (κ1) is 11.6. The number of carbonyl (C=O) groups is 1. The summed E-state index contributed by atoms with van der Waals surface area (Å²) < 4.78 is 72.8. The lowest BCUT2D eigenvalue weighted by Gasteiger charge is -2.11. The Labute approximate surface area is 78.9 Å². The molecule has 15 heavy (non-hydrogen) atoms. The van der Waals surface area contributed by atoms with Gasteiger partial charge in [0.1, 0.15) is 0 Å². The normalized spacial score (nSPS) is 12.9. The van der Waals surface area contributed by atoms with E-state index in [1.165, 1.54) is 0 Å². The van der Waals surface area contributed by atoms with Crippen molar-refractivity contribution in [3.8, 4) is 0 Å². The maximum absolute atomic E-state index is 12.2. The molecule has 1 rings (SSSR count). The van der Waals surface area contributed by atoms with Gasteiger partial charge in [-0.25, -0.2) is 0 Å². The van der Waals surface area contributed by atoms with E-state index in [0.29, 0.717) is 0 Å². The van der Waals surface area contributed by atoms with Gasteiger partial charge in [0.05, 0.1) is 16.8 Å². The van der Waals surface area contributed by atoms with Crippen molar-refractivity contribution in [3.05, 3.63) is 23.0 Å². The second kappa shape index (κ2) is 3.28. The van der Waals surface area contributed by atoms with Crippen LogP contribution in [-0.2, 0) is 12.4 Å². The average Bonchev–Trinajstić information content (AvgIpc) is 2.44. The van der Waals surface area contributed by atoms with Gasteiger partial charge in [0.15, 0.2) is 6.29 Å². The molecular weight excluding hydrogens is 228 g/mol. The van der Waals surface area contributed by atoms with Gasteiger partial charge in [0.25, 0.3) is 0 Å². The number of hydrogen-bond acceptors (Lipinski definition) is 1. The van der Waals surface area contributed by atoms with E-state index in [4.69, 9.17) is 0 Å². The summed E-state index contributed by atoms with van der Waals surface area (Å²) in [6.45, 7) is 0. The fraction of sp³-hybridized carbons (Fsp3) is 0.286. The van der Waals surface area contributed by atoms with E-state index in [0.717, 1.165) is 0 Å². The fourth-order valence-electron chi connectivity index (χ4n) is 1.06. The quantitative estimate of drug-likeness (QED) is 0.585. The van der Waals surface area contributed by atoms with Crippen molar-refractivity contribution >= 4 is 6.29 Å².